The molecule has 1 saturated heterocycles. The Morgan fingerprint density at radius 3 is 2.39 bits per heavy atom. The van der Waals surface area contributed by atoms with Crippen molar-refractivity contribution >= 4 is 27.3 Å². The smallest absolute Gasteiger partial charge is 0.271 e. The minimum atomic E-state index is -3.50. The number of nitro groups is 1. The van der Waals surface area contributed by atoms with Crippen LogP contribution >= 0.6 is 0 Å². The van der Waals surface area contributed by atoms with Gasteiger partial charge in [-0.3, -0.25) is 14.9 Å². The highest BCUT2D eigenvalue weighted by Gasteiger charge is 2.25. The predicted octanol–water partition coefficient (Wildman–Crippen LogP) is 2.95. The van der Waals surface area contributed by atoms with Gasteiger partial charge in [-0.25, -0.2) is 8.42 Å². The van der Waals surface area contributed by atoms with Crippen LogP contribution < -0.4 is 5.32 Å². The van der Waals surface area contributed by atoms with Crippen LogP contribution in [0.2, 0.25) is 0 Å². The number of amides is 1. The van der Waals surface area contributed by atoms with Gasteiger partial charge in [-0.15, -0.1) is 0 Å². The van der Waals surface area contributed by atoms with Gasteiger partial charge in [-0.05, 0) is 36.6 Å². The molecule has 0 unspecified atom stereocenters. The van der Waals surface area contributed by atoms with E-state index in [4.69, 9.17) is 0 Å². The van der Waals surface area contributed by atoms with Gasteiger partial charge in [0.25, 0.3) is 5.69 Å². The molecule has 1 amide bonds. The molecule has 28 heavy (non-hydrogen) atoms. The lowest BCUT2D eigenvalue weighted by Crippen LogP contribution is -2.35. The summed E-state index contributed by atoms with van der Waals surface area (Å²) in [5.74, 6) is -0.341. The summed E-state index contributed by atoms with van der Waals surface area (Å²) in [6.07, 6.45) is 2.82. The van der Waals surface area contributed by atoms with E-state index in [1.165, 1.54) is 34.6 Å². The highest BCUT2D eigenvalue weighted by atomic mass is 32.2. The van der Waals surface area contributed by atoms with Gasteiger partial charge in [0.15, 0.2) is 0 Å². The van der Waals surface area contributed by atoms with Crippen LogP contribution in [0.25, 0.3) is 0 Å². The molecule has 1 aliphatic heterocycles. The molecule has 0 bridgehead atoms. The van der Waals surface area contributed by atoms with Gasteiger partial charge in [0.05, 0.1) is 16.2 Å². The maximum Gasteiger partial charge on any atom is 0.271 e. The molecule has 0 aromatic heterocycles. The summed E-state index contributed by atoms with van der Waals surface area (Å²) in [5, 5.41) is 13.4. The number of hydrogen-bond acceptors (Lipinski definition) is 5. The van der Waals surface area contributed by atoms with Gasteiger partial charge >= 0.3 is 0 Å². The zero-order valence-electron chi connectivity index (χ0n) is 15.2. The third-order valence-electron chi connectivity index (χ3n) is 4.58. The first-order valence-electron chi connectivity index (χ1n) is 9.00. The molecule has 8 nitrogen and oxygen atoms in total. The quantitative estimate of drug-likeness (QED) is 0.589. The summed E-state index contributed by atoms with van der Waals surface area (Å²) in [4.78, 5) is 22.7. The number of nitrogens with zero attached hydrogens (tertiary/aromatic N) is 2. The number of sulfonamides is 1. The Morgan fingerprint density at radius 1 is 1.07 bits per heavy atom. The molecule has 0 spiro atoms. The van der Waals surface area contributed by atoms with Crippen molar-refractivity contribution in [3.63, 3.8) is 0 Å². The van der Waals surface area contributed by atoms with Crippen molar-refractivity contribution in [1.29, 1.82) is 0 Å². The number of non-ortho nitro benzene ring substituents is 1. The first-order chi connectivity index (χ1) is 13.4. The summed E-state index contributed by atoms with van der Waals surface area (Å²) in [6, 6.07) is 11.9. The van der Waals surface area contributed by atoms with Crippen LogP contribution in [0.4, 0.5) is 11.4 Å². The molecule has 1 fully saturated rings. The van der Waals surface area contributed by atoms with Crippen molar-refractivity contribution in [2.45, 2.75) is 30.6 Å². The summed E-state index contributed by atoms with van der Waals surface area (Å²) >= 11 is 0. The number of carbonyl (C=O) groups is 1. The standard InChI is InChI=1S/C19H21N3O5S/c23-19(20-16-5-4-6-17(14-16)22(24)25)13-15-7-9-18(10-8-15)28(26,27)21-11-2-1-3-12-21/h4-10,14H,1-3,11-13H2,(H,20,23). The van der Waals surface area contributed by atoms with E-state index in [1.807, 2.05) is 0 Å². The molecule has 148 valence electrons. The Hall–Kier alpha value is -2.78. The van der Waals surface area contributed by atoms with E-state index in [-0.39, 0.29) is 22.9 Å². The van der Waals surface area contributed by atoms with Crippen molar-refractivity contribution in [2.24, 2.45) is 0 Å². The molecule has 2 aromatic carbocycles. The van der Waals surface area contributed by atoms with Gasteiger partial charge in [-0.2, -0.15) is 4.31 Å². The summed E-state index contributed by atoms with van der Waals surface area (Å²) < 4.78 is 26.8. The van der Waals surface area contributed by atoms with E-state index in [9.17, 15) is 23.3 Å². The van der Waals surface area contributed by atoms with E-state index in [0.29, 0.717) is 24.3 Å². The molecule has 1 aliphatic rings. The van der Waals surface area contributed by atoms with Crippen LogP contribution in [0.1, 0.15) is 24.8 Å². The molecule has 2 aromatic rings. The Balaban J connectivity index is 1.64. The molecule has 3 rings (SSSR count). The fourth-order valence-corrected chi connectivity index (χ4v) is 4.64. The molecular weight excluding hydrogens is 382 g/mol. The van der Waals surface area contributed by atoms with Crippen molar-refractivity contribution in [2.75, 3.05) is 18.4 Å². The maximum absolute atomic E-state index is 12.6. The second kappa shape index (κ2) is 8.49. The van der Waals surface area contributed by atoms with Crippen LogP contribution in [-0.4, -0.2) is 36.6 Å². The number of anilines is 1. The molecule has 0 saturated carbocycles. The first kappa shape index (κ1) is 20.0. The predicted molar refractivity (Wildman–Crippen MR) is 104 cm³/mol. The SMILES string of the molecule is O=C(Cc1ccc(S(=O)(=O)N2CCCCC2)cc1)Nc1cccc([N+](=O)[O-])c1. The average Bonchev–Trinajstić information content (AvgIpc) is 2.69. The maximum atomic E-state index is 12.6. The number of carbonyl (C=O) groups excluding carboxylic acids is 1. The molecule has 0 atom stereocenters. The highest BCUT2D eigenvalue weighted by molar-refractivity contribution is 7.89. The summed E-state index contributed by atoms with van der Waals surface area (Å²) in [7, 11) is -3.50. The van der Waals surface area contributed by atoms with Crippen LogP contribution in [0.3, 0.4) is 0 Å². The number of benzene rings is 2. The molecule has 1 N–H and O–H groups in total. The monoisotopic (exact) mass is 403 g/mol. The summed E-state index contributed by atoms with van der Waals surface area (Å²) in [6.45, 7) is 1.07. The van der Waals surface area contributed by atoms with Crippen molar-refractivity contribution < 1.29 is 18.1 Å². The molecule has 0 radical (unpaired) electrons. The van der Waals surface area contributed by atoms with Gasteiger partial charge in [0.2, 0.25) is 15.9 Å². The number of nitro benzene ring substituents is 1. The third-order valence-corrected chi connectivity index (χ3v) is 6.49. The summed E-state index contributed by atoms with van der Waals surface area (Å²) in [5.41, 5.74) is 0.883. The van der Waals surface area contributed by atoms with E-state index in [0.717, 1.165) is 19.3 Å². The topological polar surface area (TPSA) is 110 Å². The van der Waals surface area contributed by atoms with Crippen LogP contribution in [0, 0.1) is 10.1 Å². The Labute approximate surface area is 163 Å². The fourth-order valence-electron chi connectivity index (χ4n) is 3.12. The Bertz CT molecular complexity index is 967. The largest absolute Gasteiger partial charge is 0.326 e. The van der Waals surface area contributed by atoms with Gasteiger partial charge < -0.3 is 5.32 Å². The highest BCUT2D eigenvalue weighted by Crippen LogP contribution is 2.21. The van der Waals surface area contributed by atoms with Gasteiger partial charge in [0, 0.05) is 30.9 Å². The van der Waals surface area contributed by atoms with E-state index >= 15 is 0 Å². The molecule has 0 aliphatic carbocycles. The van der Waals surface area contributed by atoms with Crippen molar-refractivity contribution in [1.82, 2.24) is 4.31 Å². The third kappa shape index (κ3) is 4.73. The second-order valence-corrected chi connectivity index (χ2v) is 8.58. The lowest BCUT2D eigenvalue weighted by atomic mass is 10.1. The molecule has 9 heteroatoms. The fraction of sp³-hybridized carbons (Fsp3) is 0.316. The average molecular weight is 403 g/mol. The van der Waals surface area contributed by atoms with Crippen LogP contribution in [0.5, 0.6) is 0 Å². The van der Waals surface area contributed by atoms with Crippen molar-refractivity contribution in [3.8, 4) is 0 Å². The van der Waals surface area contributed by atoms with Gasteiger partial charge in [-0.1, -0.05) is 24.6 Å². The number of rotatable bonds is 6. The van der Waals surface area contributed by atoms with E-state index < -0.39 is 14.9 Å². The number of nitrogens with one attached hydrogen (secondary N) is 1. The van der Waals surface area contributed by atoms with E-state index in [1.54, 1.807) is 18.2 Å². The zero-order valence-corrected chi connectivity index (χ0v) is 16.0. The Kier molecular flexibility index (Phi) is 6.05. The molecule has 1 heterocycles. The first-order valence-corrected chi connectivity index (χ1v) is 10.4. The lowest BCUT2D eigenvalue weighted by Gasteiger charge is -2.25. The minimum Gasteiger partial charge on any atom is -0.326 e. The Morgan fingerprint density at radius 2 is 1.75 bits per heavy atom. The second-order valence-electron chi connectivity index (χ2n) is 6.64. The van der Waals surface area contributed by atoms with Crippen molar-refractivity contribution in [3.05, 3.63) is 64.2 Å². The normalized spacial score (nSPS) is 15.1. The van der Waals surface area contributed by atoms with Crippen LogP contribution in [-0.2, 0) is 21.2 Å². The zero-order chi connectivity index (χ0) is 20.1. The number of hydrogen-bond donors (Lipinski definition) is 1. The van der Waals surface area contributed by atoms with E-state index in [2.05, 4.69) is 5.32 Å². The molecular formula is C19H21N3O5S. The van der Waals surface area contributed by atoms with Crippen LogP contribution in [0.15, 0.2) is 53.4 Å². The number of piperidine rings is 1. The lowest BCUT2D eigenvalue weighted by molar-refractivity contribution is -0.384. The van der Waals surface area contributed by atoms with Gasteiger partial charge in [0.1, 0.15) is 0 Å². The minimum absolute atomic E-state index is 0.0345.